The van der Waals surface area contributed by atoms with E-state index in [1.807, 2.05) is 6.07 Å². The Balaban J connectivity index is 1.32. The number of anilines is 3. The van der Waals surface area contributed by atoms with Crippen molar-refractivity contribution < 1.29 is 4.42 Å². The van der Waals surface area contributed by atoms with Crippen LogP contribution in [-0.4, -0.2) is 0 Å². The lowest BCUT2D eigenvalue weighted by molar-refractivity contribution is 0.669. The number of nitrogens with zero attached hydrogens (tertiary/aromatic N) is 1. The Bertz CT molecular complexity index is 2520. The molecule has 0 radical (unpaired) electrons. The van der Waals surface area contributed by atoms with Crippen molar-refractivity contribution in [3.05, 3.63) is 174 Å². The first kappa shape index (κ1) is 23.6. The molecule has 0 fully saturated rings. The van der Waals surface area contributed by atoms with Gasteiger partial charge < -0.3 is 9.32 Å². The van der Waals surface area contributed by atoms with Gasteiger partial charge in [0.2, 0.25) is 0 Å². The zero-order chi connectivity index (χ0) is 29.3. The van der Waals surface area contributed by atoms with Crippen LogP contribution >= 0.6 is 0 Å². The third kappa shape index (κ3) is 2.69. The summed E-state index contributed by atoms with van der Waals surface area (Å²) in [6.45, 7) is 0. The van der Waals surface area contributed by atoms with E-state index >= 15 is 0 Å². The lowest BCUT2D eigenvalue weighted by Gasteiger charge is -2.34. The minimum absolute atomic E-state index is 0.389. The van der Waals surface area contributed by atoms with E-state index in [2.05, 4.69) is 150 Å². The molecular weight excluding hydrogens is 546 g/mol. The fourth-order valence-electron chi connectivity index (χ4n) is 8.91. The van der Waals surface area contributed by atoms with Gasteiger partial charge in [0.15, 0.2) is 0 Å². The fourth-order valence-corrected chi connectivity index (χ4v) is 8.91. The van der Waals surface area contributed by atoms with Gasteiger partial charge in [0.1, 0.15) is 11.2 Å². The molecule has 0 saturated heterocycles. The van der Waals surface area contributed by atoms with E-state index < -0.39 is 0 Å². The van der Waals surface area contributed by atoms with Crippen molar-refractivity contribution in [1.29, 1.82) is 0 Å². The lowest BCUT2D eigenvalue weighted by Crippen LogP contribution is -2.26. The summed E-state index contributed by atoms with van der Waals surface area (Å²) in [5.74, 6) is 0. The SMILES string of the molecule is c1ccc(N(c2cccc3c2C24c5ccccc5-c5cccc(c52)-c2cccc-3c24)c2cccc3oc4ccccc4c23)cc1. The van der Waals surface area contributed by atoms with Gasteiger partial charge in [0.25, 0.3) is 0 Å². The number of para-hydroxylation sites is 2. The molecule has 3 aliphatic rings. The molecule has 1 atom stereocenters. The van der Waals surface area contributed by atoms with Crippen LogP contribution in [0, 0.1) is 0 Å². The van der Waals surface area contributed by atoms with Crippen LogP contribution in [0.1, 0.15) is 22.3 Å². The molecule has 208 valence electrons. The van der Waals surface area contributed by atoms with E-state index in [9.17, 15) is 0 Å². The van der Waals surface area contributed by atoms with Gasteiger partial charge in [-0.05, 0) is 86.5 Å². The highest BCUT2D eigenvalue weighted by molar-refractivity contribution is 6.14. The van der Waals surface area contributed by atoms with E-state index in [4.69, 9.17) is 4.42 Å². The topological polar surface area (TPSA) is 16.4 Å². The maximum atomic E-state index is 6.42. The first-order chi connectivity index (χ1) is 22.4. The van der Waals surface area contributed by atoms with Gasteiger partial charge in [0, 0.05) is 16.6 Å². The second kappa shape index (κ2) is 8.19. The van der Waals surface area contributed by atoms with E-state index in [1.54, 1.807) is 0 Å². The summed E-state index contributed by atoms with van der Waals surface area (Å²) in [5.41, 5.74) is 18.5. The molecule has 1 aromatic heterocycles. The highest BCUT2D eigenvalue weighted by Gasteiger charge is 2.58. The second-order valence-electron chi connectivity index (χ2n) is 12.4. The van der Waals surface area contributed by atoms with Crippen LogP contribution < -0.4 is 4.90 Å². The number of benzene rings is 7. The normalized spacial score (nSPS) is 16.1. The van der Waals surface area contributed by atoms with Crippen molar-refractivity contribution >= 4 is 39.0 Å². The largest absolute Gasteiger partial charge is 0.456 e. The summed E-state index contributed by atoms with van der Waals surface area (Å²) >= 11 is 0. The van der Waals surface area contributed by atoms with Crippen molar-refractivity contribution in [2.75, 3.05) is 4.90 Å². The number of rotatable bonds is 3. The van der Waals surface area contributed by atoms with Gasteiger partial charge >= 0.3 is 0 Å². The predicted octanol–water partition coefficient (Wildman–Crippen LogP) is 11.4. The molecule has 0 amide bonds. The number of furan rings is 1. The third-order valence-corrected chi connectivity index (χ3v) is 10.4. The molecule has 2 heteroatoms. The minimum atomic E-state index is -0.389. The van der Waals surface area contributed by atoms with Crippen LogP contribution in [0.25, 0.3) is 55.3 Å². The molecule has 1 heterocycles. The Hall–Kier alpha value is -5.86. The summed E-state index contributed by atoms with van der Waals surface area (Å²) in [6, 6.07) is 55.4. The van der Waals surface area contributed by atoms with Crippen molar-refractivity contribution in [3.63, 3.8) is 0 Å². The molecule has 3 aliphatic carbocycles. The Labute approximate surface area is 260 Å². The van der Waals surface area contributed by atoms with Gasteiger partial charge in [-0.1, -0.05) is 115 Å². The fraction of sp³-hybridized carbons (Fsp3) is 0.0233. The van der Waals surface area contributed by atoms with Gasteiger partial charge in [-0.2, -0.15) is 0 Å². The molecule has 0 bridgehead atoms. The lowest BCUT2D eigenvalue weighted by atomic mass is 9.72. The summed E-state index contributed by atoms with van der Waals surface area (Å²) in [4.78, 5) is 2.48. The number of hydrogen-bond donors (Lipinski definition) is 0. The van der Waals surface area contributed by atoms with Crippen molar-refractivity contribution in [1.82, 2.24) is 0 Å². The molecule has 45 heavy (non-hydrogen) atoms. The minimum Gasteiger partial charge on any atom is -0.456 e. The van der Waals surface area contributed by atoms with Crippen LogP contribution in [0.4, 0.5) is 17.1 Å². The number of fused-ring (bicyclic) bond motifs is 8. The Morgan fingerprint density at radius 3 is 1.71 bits per heavy atom. The average Bonchev–Trinajstić information content (AvgIpc) is 3.81. The molecule has 1 spiro atoms. The first-order valence-electron chi connectivity index (χ1n) is 15.6. The molecule has 2 nitrogen and oxygen atoms in total. The quantitative estimate of drug-likeness (QED) is 0.210. The average molecular weight is 572 g/mol. The molecule has 0 aliphatic heterocycles. The van der Waals surface area contributed by atoms with Crippen molar-refractivity contribution in [3.8, 4) is 33.4 Å². The summed E-state index contributed by atoms with van der Waals surface area (Å²) in [7, 11) is 0. The highest BCUT2D eigenvalue weighted by atomic mass is 16.3. The van der Waals surface area contributed by atoms with E-state index in [0.717, 1.165) is 33.3 Å². The molecule has 7 aromatic carbocycles. The van der Waals surface area contributed by atoms with Crippen LogP contribution in [-0.2, 0) is 5.41 Å². The Morgan fingerprint density at radius 1 is 0.400 bits per heavy atom. The monoisotopic (exact) mass is 571 g/mol. The molecule has 8 aromatic rings. The highest BCUT2D eigenvalue weighted by Crippen LogP contribution is 2.71. The van der Waals surface area contributed by atoms with Crippen LogP contribution in [0.3, 0.4) is 0 Å². The standard InChI is InChI=1S/C43H25NO/c1-2-12-26(13-3-1)44(35-22-11-25-38-39(35)33-15-5-7-24-37(33)45-38)36-23-10-20-32-31-19-9-18-30-29-17-8-16-28-27-14-4-6-21-34(27)43(40(28)29,41(30)31)42(32)36/h1-25H. The zero-order valence-corrected chi connectivity index (χ0v) is 24.3. The maximum absolute atomic E-state index is 6.42. The molecular formula is C43H25NO. The first-order valence-corrected chi connectivity index (χ1v) is 15.6. The van der Waals surface area contributed by atoms with Gasteiger partial charge in [-0.15, -0.1) is 0 Å². The predicted molar refractivity (Wildman–Crippen MR) is 184 cm³/mol. The summed E-state index contributed by atoms with van der Waals surface area (Å²) in [6.07, 6.45) is 0. The molecule has 11 rings (SSSR count). The molecule has 0 saturated carbocycles. The van der Waals surface area contributed by atoms with Crippen LogP contribution in [0.5, 0.6) is 0 Å². The second-order valence-corrected chi connectivity index (χ2v) is 12.4. The maximum Gasteiger partial charge on any atom is 0.137 e. The summed E-state index contributed by atoms with van der Waals surface area (Å²) in [5, 5.41) is 2.25. The third-order valence-electron chi connectivity index (χ3n) is 10.4. The van der Waals surface area contributed by atoms with E-state index in [1.165, 1.54) is 61.3 Å². The Morgan fingerprint density at radius 2 is 0.933 bits per heavy atom. The van der Waals surface area contributed by atoms with E-state index in [0.29, 0.717) is 0 Å². The van der Waals surface area contributed by atoms with Crippen LogP contribution in [0.15, 0.2) is 156 Å². The Kier molecular flexibility index (Phi) is 4.29. The molecule has 1 unspecified atom stereocenters. The van der Waals surface area contributed by atoms with Crippen molar-refractivity contribution in [2.24, 2.45) is 0 Å². The number of hydrogen-bond acceptors (Lipinski definition) is 2. The van der Waals surface area contributed by atoms with Gasteiger partial charge in [0.05, 0.1) is 22.2 Å². The molecule has 0 N–H and O–H groups in total. The smallest absolute Gasteiger partial charge is 0.137 e. The van der Waals surface area contributed by atoms with Crippen molar-refractivity contribution in [2.45, 2.75) is 5.41 Å². The zero-order valence-electron chi connectivity index (χ0n) is 24.3. The van der Waals surface area contributed by atoms with Gasteiger partial charge in [-0.3, -0.25) is 0 Å². The van der Waals surface area contributed by atoms with Gasteiger partial charge in [-0.25, -0.2) is 0 Å². The summed E-state index contributed by atoms with van der Waals surface area (Å²) < 4.78 is 6.42. The van der Waals surface area contributed by atoms with Crippen LogP contribution in [0.2, 0.25) is 0 Å². The van der Waals surface area contributed by atoms with E-state index in [-0.39, 0.29) is 5.41 Å².